The van der Waals surface area contributed by atoms with E-state index in [0.29, 0.717) is 17.5 Å². The molecule has 0 unspecified atom stereocenters. The van der Waals surface area contributed by atoms with Gasteiger partial charge in [0.15, 0.2) is 5.78 Å². The summed E-state index contributed by atoms with van der Waals surface area (Å²) in [4.78, 5) is 24.0. The third-order valence-corrected chi connectivity index (χ3v) is 8.45. The van der Waals surface area contributed by atoms with E-state index in [1.807, 2.05) is 6.08 Å². The number of carbonyl (C=O) groups excluding carboxylic acids is 2. The van der Waals surface area contributed by atoms with Crippen molar-refractivity contribution in [3.8, 4) is 0 Å². The zero-order chi connectivity index (χ0) is 16.4. The summed E-state index contributed by atoms with van der Waals surface area (Å²) in [6.07, 6.45) is 10.9. The van der Waals surface area contributed by atoms with E-state index in [-0.39, 0.29) is 10.8 Å². The summed E-state index contributed by atoms with van der Waals surface area (Å²) in [6.45, 7) is 6.65. The topological polar surface area (TPSA) is 34.1 Å². The van der Waals surface area contributed by atoms with Crippen LogP contribution in [0.25, 0.3) is 0 Å². The SMILES string of the molecule is CC(=O)[C@H]1CC[C@@H]2[C@@H]3CCC4=CC(=O)CC[C@@]4(C)[C@@H]3CC[C@]12C. The van der Waals surface area contributed by atoms with Crippen molar-refractivity contribution in [2.24, 2.45) is 34.5 Å². The maximum atomic E-state index is 12.1. The standard InChI is InChI=1S/C21H30O2/c1-13(22)17-6-7-18-16-5-4-14-12-15(23)8-10-20(14,2)19(16)9-11-21(17,18)3/h12,16-19H,4-11H2,1-3H3/t16-,17+,18+,19+,20+,21+/m0/s1. The van der Waals surface area contributed by atoms with E-state index >= 15 is 0 Å². The number of rotatable bonds is 1. The first-order valence-electron chi connectivity index (χ1n) is 9.60. The third-order valence-electron chi connectivity index (χ3n) is 8.45. The van der Waals surface area contributed by atoms with Gasteiger partial charge in [-0.05, 0) is 86.5 Å². The van der Waals surface area contributed by atoms with Crippen LogP contribution < -0.4 is 0 Å². The molecule has 2 nitrogen and oxygen atoms in total. The van der Waals surface area contributed by atoms with Crippen molar-refractivity contribution in [1.82, 2.24) is 0 Å². The molecule has 0 aromatic heterocycles. The Balaban J connectivity index is 1.67. The Kier molecular flexibility index (Phi) is 3.42. The molecule has 126 valence electrons. The molecule has 4 rings (SSSR count). The summed E-state index contributed by atoms with van der Waals surface area (Å²) in [5.74, 6) is 3.29. The molecule has 0 amide bonds. The van der Waals surface area contributed by atoms with Crippen LogP contribution in [-0.2, 0) is 9.59 Å². The Bertz CT molecular complexity index is 589. The van der Waals surface area contributed by atoms with Gasteiger partial charge in [0.2, 0.25) is 0 Å². The monoisotopic (exact) mass is 314 g/mol. The summed E-state index contributed by atoms with van der Waals surface area (Å²) in [5, 5.41) is 0. The first kappa shape index (κ1) is 15.6. The molecule has 0 bridgehead atoms. The molecule has 0 aliphatic heterocycles. The molecule has 0 aromatic carbocycles. The lowest BCUT2D eigenvalue weighted by molar-refractivity contribution is -0.128. The molecule has 23 heavy (non-hydrogen) atoms. The van der Waals surface area contributed by atoms with Crippen molar-refractivity contribution >= 4 is 11.6 Å². The Morgan fingerprint density at radius 2 is 1.83 bits per heavy atom. The van der Waals surface area contributed by atoms with Crippen molar-refractivity contribution in [3.05, 3.63) is 11.6 Å². The molecular weight excluding hydrogens is 284 g/mol. The minimum atomic E-state index is 0.245. The van der Waals surface area contributed by atoms with E-state index in [9.17, 15) is 9.59 Å². The third kappa shape index (κ3) is 2.06. The number of hydrogen-bond donors (Lipinski definition) is 0. The van der Waals surface area contributed by atoms with Gasteiger partial charge in [-0.1, -0.05) is 19.4 Å². The summed E-state index contributed by atoms with van der Waals surface area (Å²) in [6, 6.07) is 0. The van der Waals surface area contributed by atoms with Gasteiger partial charge in [-0.2, -0.15) is 0 Å². The zero-order valence-electron chi connectivity index (χ0n) is 14.9. The molecule has 3 saturated carbocycles. The minimum absolute atomic E-state index is 0.245. The molecule has 4 aliphatic carbocycles. The van der Waals surface area contributed by atoms with E-state index in [2.05, 4.69) is 13.8 Å². The Morgan fingerprint density at radius 3 is 2.57 bits per heavy atom. The van der Waals surface area contributed by atoms with Crippen LogP contribution in [0.4, 0.5) is 0 Å². The largest absolute Gasteiger partial charge is 0.300 e. The van der Waals surface area contributed by atoms with Gasteiger partial charge in [-0.25, -0.2) is 0 Å². The number of allylic oxidation sites excluding steroid dienone is 1. The van der Waals surface area contributed by atoms with E-state index in [1.54, 1.807) is 6.92 Å². The first-order valence-corrected chi connectivity index (χ1v) is 9.60. The highest BCUT2D eigenvalue weighted by atomic mass is 16.1. The van der Waals surface area contributed by atoms with Crippen LogP contribution in [0.2, 0.25) is 0 Å². The zero-order valence-corrected chi connectivity index (χ0v) is 14.9. The predicted octanol–water partition coefficient (Wildman–Crippen LogP) is 4.72. The van der Waals surface area contributed by atoms with Gasteiger partial charge >= 0.3 is 0 Å². The van der Waals surface area contributed by atoms with E-state index in [0.717, 1.165) is 43.4 Å². The quantitative estimate of drug-likeness (QED) is 0.701. The summed E-state index contributed by atoms with van der Waals surface area (Å²) in [7, 11) is 0. The predicted molar refractivity (Wildman–Crippen MR) is 90.9 cm³/mol. The number of carbonyl (C=O) groups is 2. The average molecular weight is 314 g/mol. The number of fused-ring (bicyclic) bond motifs is 5. The van der Waals surface area contributed by atoms with Gasteiger partial charge in [-0.3, -0.25) is 9.59 Å². The smallest absolute Gasteiger partial charge is 0.155 e. The molecule has 2 heteroatoms. The van der Waals surface area contributed by atoms with E-state index < -0.39 is 0 Å². The Morgan fingerprint density at radius 1 is 1.04 bits per heavy atom. The molecule has 0 N–H and O–H groups in total. The fourth-order valence-corrected chi connectivity index (χ4v) is 7.23. The summed E-state index contributed by atoms with van der Waals surface area (Å²) < 4.78 is 0. The van der Waals surface area contributed by atoms with Crippen molar-refractivity contribution < 1.29 is 9.59 Å². The highest BCUT2D eigenvalue weighted by Gasteiger charge is 2.59. The van der Waals surface area contributed by atoms with Crippen LogP contribution in [0, 0.1) is 34.5 Å². The Hall–Kier alpha value is -0.920. The highest BCUT2D eigenvalue weighted by Crippen LogP contribution is 2.66. The van der Waals surface area contributed by atoms with Gasteiger partial charge in [0.1, 0.15) is 5.78 Å². The van der Waals surface area contributed by atoms with Crippen molar-refractivity contribution in [3.63, 3.8) is 0 Å². The van der Waals surface area contributed by atoms with E-state index in [1.165, 1.54) is 31.3 Å². The summed E-state index contributed by atoms with van der Waals surface area (Å²) >= 11 is 0. The fourth-order valence-electron chi connectivity index (χ4n) is 7.23. The second-order valence-electron chi connectivity index (χ2n) is 9.25. The lowest BCUT2D eigenvalue weighted by Gasteiger charge is -2.58. The molecule has 0 heterocycles. The van der Waals surface area contributed by atoms with Gasteiger partial charge in [0.05, 0.1) is 0 Å². The lowest BCUT2D eigenvalue weighted by Crippen LogP contribution is -2.51. The molecule has 6 atom stereocenters. The van der Waals surface area contributed by atoms with E-state index in [4.69, 9.17) is 0 Å². The molecule has 0 saturated heterocycles. The molecule has 4 aliphatic rings. The van der Waals surface area contributed by atoms with Gasteiger partial charge in [0.25, 0.3) is 0 Å². The Labute approximate surface area is 140 Å². The molecule has 3 fully saturated rings. The van der Waals surface area contributed by atoms with Crippen molar-refractivity contribution in [1.29, 1.82) is 0 Å². The number of hydrogen-bond acceptors (Lipinski definition) is 2. The van der Waals surface area contributed by atoms with Gasteiger partial charge in [0, 0.05) is 12.3 Å². The van der Waals surface area contributed by atoms with Crippen LogP contribution in [-0.4, -0.2) is 11.6 Å². The molecular formula is C21H30O2. The van der Waals surface area contributed by atoms with Crippen LogP contribution in [0.3, 0.4) is 0 Å². The second-order valence-corrected chi connectivity index (χ2v) is 9.25. The maximum absolute atomic E-state index is 12.1. The normalized spacial score (nSPS) is 49.0. The van der Waals surface area contributed by atoms with Crippen molar-refractivity contribution in [2.75, 3.05) is 0 Å². The highest BCUT2D eigenvalue weighted by molar-refractivity contribution is 5.91. The minimum Gasteiger partial charge on any atom is -0.300 e. The lowest BCUT2D eigenvalue weighted by atomic mass is 9.47. The molecule has 0 spiro atoms. The van der Waals surface area contributed by atoms with Crippen molar-refractivity contribution in [2.45, 2.75) is 72.1 Å². The maximum Gasteiger partial charge on any atom is 0.155 e. The second kappa shape index (κ2) is 5.04. The molecule has 0 radical (unpaired) electrons. The summed E-state index contributed by atoms with van der Waals surface area (Å²) in [5.41, 5.74) is 1.95. The van der Waals surface area contributed by atoms with Crippen LogP contribution in [0.15, 0.2) is 11.6 Å². The van der Waals surface area contributed by atoms with Crippen LogP contribution in [0.5, 0.6) is 0 Å². The van der Waals surface area contributed by atoms with Gasteiger partial charge < -0.3 is 0 Å². The molecule has 0 aromatic rings. The number of ketones is 2. The number of Topliss-reactive ketones (excluding diaryl/α,β-unsaturated/α-hetero) is 1. The van der Waals surface area contributed by atoms with Crippen LogP contribution in [0.1, 0.15) is 72.1 Å². The first-order chi connectivity index (χ1) is 10.9. The fraction of sp³-hybridized carbons (Fsp3) is 0.810. The van der Waals surface area contributed by atoms with Gasteiger partial charge in [-0.15, -0.1) is 0 Å². The average Bonchev–Trinajstić information content (AvgIpc) is 2.85. The van der Waals surface area contributed by atoms with Crippen LogP contribution >= 0.6 is 0 Å².